The van der Waals surface area contributed by atoms with Gasteiger partial charge in [-0.25, -0.2) is 13.2 Å². The first kappa shape index (κ1) is 14.6. The minimum atomic E-state index is -0.988. The molecule has 0 amide bonds. The van der Waals surface area contributed by atoms with Crippen LogP contribution in [0.5, 0.6) is 0 Å². The molecule has 0 aliphatic rings. The molecule has 0 aliphatic carbocycles. The standard InChI is InChI=1S/C13H8ClF3N2S/c14-9-5-7(15)1-4-12(9)19-13(20)18-8-2-3-10(16)11(17)6-8/h1-6H,(H2,18,19,20). The summed E-state index contributed by atoms with van der Waals surface area (Å²) in [4.78, 5) is 0. The van der Waals surface area contributed by atoms with E-state index in [1.54, 1.807) is 0 Å². The van der Waals surface area contributed by atoms with Crippen molar-refractivity contribution in [3.8, 4) is 0 Å². The second-order valence-electron chi connectivity index (χ2n) is 3.83. The molecule has 0 saturated heterocycles. The largest absolute Gasteiger partial charge is 0.332 e. The molecule has 0 spiro atoms. The molecule has 0 bridgehead atoms. The van der Waals surface area contributed by atoms with Crippen LogP contribution in [-0.4, -0.2) is 5.11 Å². The number of anilines is 2. The van der Waals surface area contributed by atoms with Crippen LogP contribution in [0, 0.1) is 17.5 Å². The van der Waals surface area contributed by atoms with E-state index in [1.807, 2.05) is 0 Å². The summed E-state index contributed by atoms with van der Waals surface area (Å²) in [5, 5.41) is 5.65. The molecule has 2 rings (SSSR count). The molecule has 2 nitrogen and oxygen atoms in total. The van der Waals surface area contributed by atoms with Crippen molar-refractivity contribution in [1.82, 2.24) is 0 Å². The Morgan fingerprint density at radius 3 is 2.35 bits per heavy atom. The first-order chi connectivity index (χ1) is 9.45. The van der Waals surface area contributed by atoms with E-state index in [9.17, 15) is 13.2 Å². The molecular weight excluding hydrogens is 309 g/mol. The van der Waals surface area contributed by atoms with Gasteiger partial charge in [-0.2, -0.15) is 0 Å². The fourth-order valence-electron chi connectivity index (χ4n) is 1.45. The third-order valence-electron chi connectivity index (χ3n) is 2.36. The van der Waals surface area contributed by atoms with Crippen LogP contribution < -0.4 is 10.6 Å². The number of nitrogens with one attached hydrogen (secondary N) is 2. The summed E-state index contributed by atoms with van der Waals surface area (Å²) in [6.07, 6.45) is 0. The summed E-state index contributed by atoms with van der Waals surface area (Å²) < 4.78 is 38.7. The third-order valence-corrected chi connectivity index (χ3v) is 2.87. The van der Waals surface area contributed by atoms with Gasteiger partial charge in [-0.05, 0) is 42.5 Å². The van der Waals surface area contributed by atoms with Crippen LogP contribution in [0.4, 0.5) is 24.5 Å². The topological polar surface area (TPSA) is 24.1 Å². The highest BCUT2D eigenvalue weighted by molar-refractivity contribution is 7.80. The SMILES string of the molecule is Fc1ccc(NC(=S)Nc2ccc(F)c(F)c2)c(Cl)c1. The van der Waals surface area contributed by atoms with Crippen molar-refractivity contribution >= 4 is 40.3 Å². The molecular formula is C13H8ClF3N2S. The molecule has 20 heavy (non-hydrogen) atoms. The lowest BCUT2D eigenvalue weighted by Crippen LogP contribution is -2.19. The Labute approximate surface area is 123 Å². The minimum Gasteiger partial charge on any atom is -0.332 e. The zero-order valence-electron chi connectivity index (χ0n) is 9.88. The maximum Gasteiger partial charge on any atom is 0.175 e. The van der Waals surface area contributed by atoms with E-state index in [2.05, 4.69) is 10.6 Å². The number of rotatable bonds is 2. The third kappa shape index (κ3) is 3.61. The van der Waals surface area contributed by atoms with E-state index in [4.69, 9.17) is 23.8 Å². The maximum absolute atomic E-state index is 13.0. The second-order valence-corrected chi connectivity index (χ2v) is 4.65. The molecule has 7 heteroatoms. The molecule has 2 aromatic carbocycles. The molecule has 0 atom stereocenters. The van der Waals surface area contributed by atoms with Crippen molar-refractivity contribution in [3.63, 3.8) is 0 Å². The lowest BCUT2D eigenvalue weighted by atomic mass is 10.3. The summed E-state index contributed by atoms with van der Waals surface area (Å²) >= 11 is 10.8. The Morgan fingerprint density at radius 1 is 0.950 bits per heavy atom. The molecule has 0 radical (unpaired) electrons. The van der Waals surface area contributed by atoms with Crippen molar-refractivity contribution in [2.24, 2.45) is 0 Å². The molecule has 0 fully saturated rings. The van der Waals surface area contributed by atoms with Crippen LogP contribution in [0.15, 0.2) is 36.4 Å². The van der Waals surface area contributed by atoms with Crippen LogP contribution in [0.3, 0.4) is 0 Å². The number of thiocarbonyl (C=S) groups is 1. The van der Waals surface area contributed by atoms with E-state index in [1.165, 1.54) is 18.2 Å². The van der Waals surface area contributed by atoms with E-state index in [-0.39, 0.29) is 15.8 Å². The van der Waals surface area contributed by atoms with Crippen LogP contribution in [0.25, 0.3) is 0 Å². The first-order valence-electron chi connectivity index (χ1n) is 5.44. The summed E-state index contributed by atoms with van der Waals surface area (Å²) in [7, 11) is 0. The van der Waals surface area contributed by atoms with Gasteiger partial charge in [0.25, 0.3) is 0 Å². The smallest absolute Gasteiger partial charge is 0.175 e. The van der Waals surface area contributed by atoms with Gasteiger partial charge in [0.1, 0.15) is 5.82 Å². The first-order valence-corrected chi connectivity index (χ1v) is 6.22. The zero-order chi connectivity index (χ0) is 14.7. The van der Waals surface area contributed by atoms with Crippen molar-refractivity contribution in [2.45, 2.75) is 0 Å². The van der Waals surface area contributed by atoms with Crippen LogP contribution in [0.1, 0.15) is 0 Å². The summed E-state index contributed by atoms with van der Waals surface area (Å²) in [6.45, 7) is 0. The Bertz CT molecular complexity index is 664. The quantitative estimate of drug-likeness (QED) is 0.794. The van der Waals surface area contributed by atoms with Crippen LogP contribution in [-0.2, 0) is 0 Å². The van der Waals surface area contributed by atoms with Gasteiger partial charge in [-0.1, -0.05) is 11.6 Å². The Balaban J connectivity index is 2.07. The highest BCUT2D eigenvalue weighted by atomic mass is 35.5. The minimum absolute atomic E-state index is 0.115. The summed E-state index contributed by atoms with van der Waals surface area (Å²) in [5.41, 5.74) is 0.674. The Hall–Kier alpha value is -1.79. The lowest BCUT2D eigenvalue weighted by Gasteiger charge is -2.12. The fraction of sp³-hybridized carbons (Fsp3) is 0. The van der Waals surface area contributed by atoms with Gasteiger partial charge in [-0.3, -0.25) is 0 Å². The van der Waals surface area contributed by atoms with Gasteiger partial charge in [-0.15, -0.1) is 0 Å². The van der Waals surface area contributed by atoms with E-state index >= 15 is 0 Å². The van der Waals surface area contributed by atoms with E-state index in [0.717, 1.165) is 18.2 Å². The molecule has 104 valence electrons. The molecule has 0 aromatic heterocycles. The lowest BCUT2D eigenvalue weighted by molar-refractivity contribution is 0.509. The van der Waals surface area contributed by atoms with E-state index in [0.29, 0.717) is 5.69 Å². The van der Waals surface area contributed by atoms with Crippen molar-refractivity contribution in [3.05, 3.63) is 58.9 Å². The monoisotopic (exact) mass is 316 g/mol. The molecule has 2 aromatic rings. The van der Waals surface area contributed by atoms with E-state index < -0.39 is 17.5 Å². The predicted molar refractivity (Wildman–Crippen MR) is 77.6 cm³/mol. The summed E-state index contributed by atoms with van der Waals surface area (Å²) in [5.74, 6) is -2.41. The van der Waals surface area contributed by atoms with Crippen molar-refractivity contribution in [2.75, 3.05) is 10.6 Å². The number of hydrogen-bond acceptors (Lipinski definition) is 1. The van der Waals surface area contributed by atoms with Gasteiger partial charge < -0.3 is 10.6 Å². The Kier molecular flexibility index (Phi) is 4.46. The maximum atomic E-state index is 13.0. The van der Waals surface area contributed by atoms with Crippen LogP contribution in [0.2, 0.25) is 5.02 Å². The van der Waals surface area contributed by atoms with Gasteiger partial charge in [0.2, 0.25) is 0 Å². The zero-order valence-corrected chi connectivity index (χ0v) is 11.5. The number of hydrogen-bond donors (Lipinski definition) is 2. The van der Waals surface area contributed by atoms with Gasteiger partial charge in [0, 0.05) is 11.8 Å². The highest BCUT2D eigenvalue weighted by Crippen LogP contribution is 2.22. The molecule has 0 heterocycles. The Morgan fingerprint density at radius 2 is 1.70 bits per heavy atom. The van der Waals surface area contributed by atoms with Crippen molar-refractivity contribution in [1.29, 1.82) is 0 Å². The number of benzene rings is 2. The van der Waals surface area contributed by atoms with Crippen molar-refractivity contribution < 1.29 is 13.2 Å². The average molecular weight is 317 g/mol. The molecule has 0 unspecified atom stereocenters. The molecule has 0 aliphatic heterocycles. The molecule has 2 N–H and O–H groups in total. The van der Waals surface area contributed by atoms with Gasteiger partial charge in [0.05, 0.1) is 10.7 Å². The average Bonchev–Trinajstić information content (AvgIpc) is 2.37. The highest BCUT2D eigenvalue weighted by Gasteiger charge is 2.06. The summed E-state index contributed by atoms with van der Waals surface area (Å²) in [6, 6.07) is 7.04. The predicted octanol–water partition coefficient (Wildman–Crippen LogP) is 4.57. The second kappa shape index (κ2) is 6.11. The normalized spacial score (nSPS) is 10.2. The molecule has 0 saturated carbocycles. The van der Waals surface area contributed by atoms with Crippen LogP contribution >= 0.6 is 23.8 Å². The van der Waals surface area contributed by atoms with Gasteiger partial charge in [0.15, 0.2) is 16.7 Å². The van der Waals surface area contributed by atoms with Gasteiger partial charge >= 0.3 is 0 Å². The fourth-order valence-corrected chi connectivity index (χ4v) is 1.89. The number of halogens is 4.